The molecule has 0 saturated carbocycles. The Labute approximate surface area is 189 Å². The maximum Gasteiger partial charge on any atom is 0.416 e. The molecule has 0 aliphatic rings. The third kappa shape index (κ3) is 8.65. The zero-order chi connectivity index (χ0) is 24.3. The first kappa shape index (κ1) is 27.1. The fraction of sp³-hybridized carbons (Fsp3) is 0.400. The fourth-order valence-electron chi connectivity index (χ4n) is 2.96. The summed E-state index contributed by atoms with van der Waals surface area (Å²) in [5.74, 6) is 1.52. The monoisotopic (exact) mass is 449 g/mol. The van der Waals surface area contributed by atoms with E-state index in [4.69, 9.17) is 10.5 Å². The van der Waals surface area contributed by atoms with Crippen molar-refractivity contribution in [3.8, 4) is 0 Å². The van der Waals surface area contributed by atoms with E-state index in [1.54, 1.807) is 7.11 Å². The summed E-state index contributed by atoms with van der Waals surface area (Å²) in [5, 5.41) is 0. The summed E-state index contributed by atoms with van der Waals surface area (Å²) in [6, 6.07) is 5.23. The number of nitrogens with two attached hydrogens (primary N) is 1. The summed E-state index contributed by atoms with van der Waals surface area (Å²) < 4.78 is 42.9. The Morgan fingerprint density at radius 1 is 1.28 bits per heavy atom. The molecular weight excluding hydrogens is 415 g/mol. The van der Waals surface area contributed by atoms with Crippen LogP contribution in [-0.4, -0.2) is 16.7 Å². The van der Waals surface area contributed by atoms with Crippen LogP contribution in [0.2, 0.25) is 0 Å². The second-order valence-electron chi connectivity index (χ2n) is 7.42. The molecule has 0 saturated heterocycles. The lowest BCUT2D eigenvalue weighted by Crippen LogP contribution is -2.04. The SMILES string of the molecule is C=C(/C=C/CCC(/C(C)=C/C)c1cn(C)c(N)n1)OC.CCc1ccc(C(F)(F)F)cc1. The number of aryl methyl sites for hydroxylation is 2. The minimum atomic E-state index is -4.22. The standard InChI is InChI=1S/C16H25N3O.C9H9F3/c1-6-12(2)14(10-8-7-9-13(3)20-5)15-11-19(4)16(17)18-15;1-2-7-3-5-8(6-4-7)9(10,11)12/h6-7,9,11,14H,3,8,10H2,1-2,4-5H3,(H2,17,18);3-6H,2H2,1H3/b9-7+,12-6+;. The van der Waals surface area contributed by atoms with E-state index in [-0.39, 0.29) is 0 Å². The van der Waals surface area contributed by atoms with Crippen molar-refractivity contribution < 1.29 is 17.9 Å². The number of nitrogen functional groups attached to an aromatic ring is 1. The first-order chi connectivity index (χ1) is 15.0. The van der Waals surface area contributed by atoms with Gasteiger partial charge in [0.1, 0.15) is 5.76 Å². The molecule has 4 nitrogen and oxygen atoms in total. The first-order valence-electron chi connectivity index (χ1n) is 10.5. The molecule has 7 heteroatoms. The highest BCUT2D eigenvalue weighted by Crippen LogP contribution is 2.30. The van der Waals surface area contributed by atoms with E-state index in [0.29, 0.717) is 17.6 Å². The van der Waals surface area contributed by atoms with Gasteiger partial charge in [-0.3, -0.25) is 0 Å². The van der Waals surface area contributed by atoms with Crippen LogP contribution < -0.4 is 5.73 Å². The fourth-order valence-corrected chi connectivity index (χ4v) is 2.96. The number of alkyl halides is 3. The number of benzene rings is 1. The first-order valence-corrected chi connectivity index (χ1v) is 10.5. The lowest BCUT2D eigenvalue weighted by atomic mass is 9.92. The molecular formula is C25H34F3N3O. The van der Waals surface area contributed by atoms with Crippen molar-refractivity contribution in [2.24, 2.45) is 7.05 Å². The molecule has 2 rings (SSSR count). The van der Waals surface area contributed by atoms with Crippen LogP contribution in [0.4, 0.5) is 19.1 Å². The quantitative estimate of drug-likeness (QED) is 0.273. The number of imidazole rings is 1. The van der Waals surface area contributed by atoms with Crippen LogP contribution in [0.5, 0.6) is 0 Å². The normalized spacial score (nSPS) is 12.9. The third-order valence-corrected chi connectivity index (χ3v) is 5.17. The average molecular weight is 450 g/mol. The van der Waals surface area contributed by atoms with E-state index in [2.05, 4.69) is 37.6 Å². The molecule has 0 bridgehead atoms. The zero-order valence-electron chi connectivity index (χ0n) is 19.5. The van der Waals surface area contributed by atoms with Gasteiger partial charge in [0.05, 0.1) is 18.4 Å². The van der Waals surface area contributed by atoms with Crippen LogP contribution in [0.25, 0.3) is 0 Å². The molecule has 2 aromatic rings. The zero-order valence-corrected chi connectivity index (χ0v) is 19.5. The van der Waals surface area contributed by atoms with Crippen LogP contribution in [0.3, 0.4) is 0 Å². The third-order valence-electron chi connectivity index (χ3n) is 5.17. The second-order valence-corrected chi connectivity index (χ2v) is 7.42. The molecule has 32 heavy (non-hydrogen) atoms. The van der Waals surface area contributed by atoms with Crippen LogP contribution in [0, 0.1) is 0 Å². The second kappa shape index (κ2) is 12.8. The molecule has 0 spiro atoms. The Hall–Kier alpha value is -2.96. The van der Waals surface area contributed by atoms with Crippen molar-refractivity contribution in [2.45, 2.75) is 52.1 Å². The average Bonchev–Trinajstić information content (AvgIpc) is 3.10. The van der Waals surface area contributed by atoms with Gasteiger partial charge in [0, 0.05) is 19.2 Å². The molecule has 1 aromatic heterocycles. The Kier molecular flexibility index (Phi) is 10.8. The van der Waals surface area contributed by atoms with Gasteiger partial charge in [0.15, 0.2) is 5.95 Å². The highest BCUT2D eigenvalue weighted by molar-refractivity contribution is 5.28. The minimum absolute atomic E-state index is 0.295. The summed E-state index contributed by atoms with van der Waals surface area (Å²) in [6.07, 6.45) is 6.58. The van der Waals surface area contributed by atoms with Gasteiger partial charge in [-0.15, -0.1) is 0 Å². The molecule has 1 unspecified atom stereocenters. The maximum atomic E-state index is 12.0. The number of nitrogens with zero attached hydrogens (tertiary/aromatic N) is 2. The lowest BCUT2D eigenvalue weighted by molar-refractivity contribution is -0.137. The molecule has 0 radical (unpaired) electrons. The van der Waals surface area contributed by atoms with E-state index in [0.717, 1.165) is 42.7 Å². The van der Waals surface area contributed by atoms with Crippen molar-refractivity contribution in [1.82, 2.24) is 9.55 Å². The van der Waals surface area contributed by atoms with Crippen LogP contribution >= 0.6 is 0 Å². The molecule has 0 fully saturated rings. The molecule has 0 amide bonds. The smallest absolute Gasteiger partial charge is 0.416 e. The summed E-state index contributed by atoms with van der Waals surface area (Å²) in [5.41, 5.74) is 8.49. The number of anilines is 1. The molecule has 176 valence electrons. The number of halogens is 3. The van der Waals surface area contributed by atoms with Gasteiger partial charge >= 0.3 is 6.18 Å². The van der Waals surface area contributed by atoms with Crippen LogP contribution in [0.1, 0.15) is 56.4 Å². The number of allylic oxidation sites excluding steroid dienone is 4. The Morgan fingerprint density at radius 3 is 2.34 bits per heavy atom. The minimum Gasteiger partial charge on any atom is -0.497 e. The van der Waals surface area contributed by atoms with Gasteiger partial charge < -0.3 is 15.0 Å². The van der Waals surface area contributed by atoms with Crippen LogP contribution in [-0.2, 0) is 24.4 Å². The number of rotatable bonds is 8. The number of aromatic nitrogens is 2. The summed E-state index contributed by atoms with van der Waals surface area (Å²) >= 11 is 0. The molecule has 1 heterocycles. The summed E-state index contributed by atoms with van der Waals surface area (Å²) in [7, 11) is 3.53. The van der Waals surface area contributed by atoms with Gasteiger partial charge in [0.2, 0.25) is 0 Å². The molecule has 1 aromatic carbocycles. The number of methoxy groups -OCH3 is 1. The number of ether oxygens (including phenoxy) is 1. The van der Waals surface area contributed by atoms with Gasteiger partial charge in [0.25, 0.3) is 0 Å². The summed E-state index contributed by atoms with van der Waals surface area (Å²) in [4.78, 5) is 4.44. The number of hydrogen-bond donors (Lipinski definition) is 1. The van der Waals surface area contributed by atoms with E-state index in [9.17, 15) is 13.2 Å². The lowest BCUT2D eigenvalue weighted by Gasteiger charge is -2.14. The van der Waals surface area contributed by atoms with Crippen molar-refractivity contribution in [3.05, 3.63) is 83.4 Å². The highest BCUT2D eigenvalue weighted by atomic mass is 19.4. The van der Waals surface area contributed by atoms with E-state index < -0.39 is 11.7 Å². The molecule has 2 N–H and O–H groups in total. The molecule has 0 aliphatic carbocycles. The Balaban J connectivity index is 0.000000363. The van der Waals surface area contributed by atoms with Gasteiger partial charge in [-0.2, -0.15) is 13.2 Å². The van der Waals surface area contributed by atoms with Crippen molar-refractivity contribution >= 4 is 5.95 Å². The number of hydrogen-bond acceptors (Lipinski definition) is 3. The van der Waals surface area contributed by atoms with E-state index in [1.807, 2.05) is 30.8 Å². The topological polar surface area (TPSA) is 53.1 Å². The van der Waals surface area contributed by atoms with Gasteiger partial charge in [-0.25, -0.2) is 4.98 Å². The van der Waals surface area contributed by atoms with E-state index in [1.165, 1.54) is 17.7 Å². The largest absolute Gasteiger partial charge is 0.497 e. The Morgan fingerprint density at radius 2 is 1.91 bits per heavy atom. The molecule has 0 aliphatic heterocycles. The van der Waals surface area contributed by atoms with E-state index >= 15 is 0 Å². The van der Waals surface area contributed by atoms with Crippen molar-refractivity contribution in [2.75, 3.05) is 12.8 Å². The Bertz CT molecular complexity index is 890. The van der Waals surface area contributed by atoms with Crippen molar-refractivity contribution in [3.63, 3.8) is 0 Å². The van der Waals surface area contributed by atoms with Gasteiger partial charge in [-0.1, -0.05) is 43.4 Å². The summed E-state index contributed by atoms with van der Waals surface area (Å²) in [6.45, 7) is 9.85. The van der Waals surface area contributed by atoms with Crippen molar-refractivity contribution in [1.29, 1.82) is 0 Å². The predicted molar refractivity (Wildman–Crippen MR) is 125 cm³/mol. The van der Waals surface area contributed by atoms with Gasteiger partial charge in [-0.05, 0) is 56.9 Å². The maximum absolute atomic E-state index is 12.0. The molecule has 1 atom stereocenters. The predicted octanol–water partition coefficient (Wildman–Crippen LogP) is 6.82. The highest BCUT2D eigenvalue weighted by Gasteiger charge is 2.29. The van der Waals surface area contributed by atoms with Crippen LogP contribution in [0.15, 0.2) is 66.6 Å².